The van der Waals surface area contributed by atoms with Crippen LogP contribution in [0.4, 0.5) is 5.69 Å². The van der Waals surface area contributed by atoms with Crippen molar-refractivity contribution < 1.29 is 0 Å². The van der Waals surface area contributed by atoms with Gasteiger partial charge in [-0.2, -0.15) is 0 Å². The van der Waals surface area contributed by atoms with Gasteiger partial charge in [0.25, 0.3) is 0 Å². The molecular weight excluding hydrogens is 220 g/mol. The van der Waals surface area contributed by atoms with Crippen LogP contribution in [0.25, 0.3) is 0 Å². The second kappa shape index (κ2) is 5.85. The first-order valence-corrected chi connectivity index (χ1v) is 6.72. The second-order valence-electron chi connectivity index (χ2n) is 5.53. The summed E-state index contributed by atoms with van der Waals surface area (Å²) in [5.74, 6) is 0. The molecule has 0 bridgehead atoms. The number of benzene rings is 1. The molecule has 1 aromatic rings. The lowest BCUT2D eigenvalue weighted by molar-refractivity contribution is 0.338. The van der Waals surface area contributed by atoms with Gasteiger partial charge in [0.2, 0.25) is 0 Å². The number of hydrogen-bond donors (Lipinski definition) is 1. The highest BCUT2D eigenvalue weighted by Crippen LogP contribution is 2.42. The van der Waals surface area contributed by atoms with Crippen molar-refractivity contribution in [2.45, 2.75) is 39.0 Å². The normalized spacial score (nSPS) is 19.5. The fraction of sp³-hybridized carbons (Fsp3) is 0.438. The number of nitrogens with two attached hydrogens (primary N) is 1. The summed E-state index contributed by atoms with van der Waals surface area (Å²) >= 11 is 0. The molecule has 0 aromatic heterocycles. The summed E-state index contributed by atoms with van der Waals surface area (Å²) in [7, 11) is 0. The topological polar surface area (TPSA) is 38.4 Å². The van der Waals surface area contributed by atoms with E-state index in [-0.39, 0.29) is 0 Å². The predicted octanol–water partition coefficient (Wildman–Crippen LogP) is 4.20. The molecule has 0 unspecified atom stereocenters. The third kappa shape index (κ3) is 3.46. The van der Waals surface area contributed by atoms with Gasteiger partial charge in [0.05, 0.1) is 5.69 Å². The monoisotopic (exact) mass is 242 g/mol. The van der Waals surface area contributed by atoms with E-state index in [0.29, 0.717) is 5.41 Å². The predicted molar refractivity (Wildman–Crippen MR) is 78.1 cm³/mol. The van der Waals surface area contributed by atoms with Crippen LogP contribution in [-0.4, -0.2) is 6.21 Å². The number of rotatable bonds is 4. The van der Waals surface area contributed by atoms with E-state index in [1.54, 1.807) is 6.20 Å². The third-order valence-corrected chi connectivity index (χ3v) is 3.79. The van der Waals surface area contributed by atoms with Crippen LogP contribution >= 0.6 is 0 Å². The Morgan fingerprint density at radius 3 is 2.56 bits per heavy atom. The Hall–Kier alpha value is -1.57. The minimum atomic E-state index is 0.425. The van der Waals surface area contributed by atoms with Crippen molar-refractivity contribution in [3.8, 4) is 0 Å². The maximum Gasteiger partial charge on any atom is 0.0629 e. The molecule has 2 nitrogen and oxygen atoms in total. The molecule has 0 atom stereocenters. The minimum Gasteiger partial charge on any atom is -0.404 e. The molecule has 2 N–H and O–H groups in total. The highest BCUT2D eigenvalue weighted by Gasteiger charge is 2.28. The lowest BCUT2D eigenvalue weighted by Crippen LogP contribution is -2.13. The van der Waals surface area contributed by atoms with E-state index in [1.165, 1.54) is 25.7 Å². The van der Waals surface area contributed by atoms with E-state index in [2.05, 4.69) is 11.9 Å². The zero-order valence-electron chi connectivity index (χ0n) is 11.1. The SMILES string of the molecule is CC1(CC(C=Nc2ccccc2)=CN)CCCC1. The molecule has 1 aliphatic carbocycles. The van der Waals surface area contributed by atoms with E-state index in [9.17, 15) is 0 Å². The lowest BCUT2D eigenvalue weighted by Gasteiger charge is -2.23. The van der Waals surface area contributed by atoms with Gasteiger partial charge in [0.15, 0.2) is 0 Å². The highest BCUT2D eigenvalue weighted by molar-refractivity contribution is 5.80. The molecule has 0 spiro atoms. The maximum absolute atomic E-state index is 5.72. The van der Waals surface area contributed by atoms with Gasteiger partial charge in [0.1, 0.15) is 0 Å². The van der Waals surface area contributed by atoms with Crippen molar-refractivity contribution in [2.75, 3.05) is 0 Å². The molecule has 1 saturated carbocycles. The first-order chi connectivity index (χ1) is 8.72. The fourth-order valence-corrected chi connectivity index (χ4v) is 2.72. The summed E-state index contributed by atoms with van der Waals surface area (Å²) in [5.41, 5.74) is 8.27. The van der Waals surface area contributed by atoms with Gasteiger partial charge < -0.3 is 5.73 Å². The van der Waals surface area contributed by atoms with Crippen molar-refractivity contribution in [3.63, 3.8) is 0 Å². The summed E-state index contributed by atoms with van der Waals surface area (Å²) in [6.07, 6.45) is 9.98. The molecule has 2 rings (SSSR count). The molecule has 1 aromatic carbocycles. The van der Waals surface area contributed by atoms with Crippen molar-refractivity contribution in [1.82, 2.24) is 0 Å². The third-order valence-electron chi connectivity index (χ3n) is 3.79. The van der Waals surface area contributed by atoms with Crippen molar-refractivity contribution in [3.05, 3.63) is 42.1 Å². The zero-order valence-corrected chi connectivity index (χ0v) is 11.1. The second-order valence-corrected chi connectivity index (χ2v) is 5.53. The molecule has 2 heteroatoms. The standard InChI is InChI=1S/C16H22N2/c1-16(9-5-6-10-16)11-14(12-17)13-18-15-7-3-2-4-8-15/h2-4,7-8,12-13H,5-6,9-11,17H2,1H3. The Bertz CT molecular complexity index is 426. The Kier molecular flexibility index (Phi) is 4.19. The Morgan fingerprint density at radius 2 is 1.94 bits per heavy atom. The Balaban J connectivity index is 2.00. The summed E-state index contributed by atoms with van der Waals surface area (Å²) in [4.78, 5) is 4.48. The Labute approximate surface area is 110 Å². The van der Waals surface area contributed by atoms with E-state index < -0.39 is 0 Å². The summed E-state index contributed by atoms with van der Waals surface area (Å²) in [5, 5.41) is 0. The lowest BCUT2D eigenvalue weighted by atomic mass is 9.82. The van der Waals surface area contributed by atoms with Crippen LogP contribution in [0.5, 0.6) is 0 Å². The minimum absolute atomic E-state index is 0.425. The van der Waals surface area contributed by atoms with Crippen LogP contribution in [0.1, 0.15) is 39.0 Å². The summed E-state index contributed by atoms with van der Waals surface area (Å²) in [6, 6.07) is 10.00. The molecule has 18 heavy (non-hydrogen) atoms. The van der Waals surface area contributed by atoms with Crippen LogP contribution in [0.3, 0.4) is 0 Å². The maximum atomic E-state index is 5.72. The van der Waals surface area contributed by atoms with Crippen molar-refractivity contribution in [1.29, 1.82) is 0 Å². The molecule has 0 aliphatic heterocycles. The van der Waals surface area contributed by atoms with Gasteiger partial charge in [0, 0.05) is 6.21 Å². The average molecular weight is 242 g/mol. The molecule has 0 radical (unpaired) electrons. The van der Waals surface area contributed by atoms with Crippen LogP contribution in [0.2, 0.25) is 0 Å². The number of aliphatic imine (C=N–C) groups is 1. The number of para-hydroxylation sites is 1. The molecule has 0 saturated heterocycles. The molecule has 96 valence electrons. The van der Waals surface area contributed by atoms with Crippen molar-refractivity contribution >= 4 is 11.9 Å². The van der Waals surface area contributed by atoms with Crippen LogP contribution in [-0.2, 0) is 0 Å². The van der Waals surface area contributed by atoms with Gasteiger partial charge in [-0.05, 0) is 48.6 Å². The molecular formula is C16H22N2. The van der Waals surface area contributed by atoms with Gasteiger partial charge >= 0.3 is 0 Å². The first-order valence-electron chi connectivity index (χ1n) is 6.72. The van der Waals surface area contributed by atoms with Crippen molar-refractivity contribution in [2.24, 2.45) is 16.1 Å². The largest absolute Gasteiger partial charge is 0.404 e. The molecule has 0 amide bonds. The van der Waals surface area contributed by atoms with E-state index in [0.717, 1.165) is 17.7 Å². The first kappa shape index (κ1) is 12.9. The smallest absolute Gasteiger partial charge is 0.0629 e. The van der Waals surface area contributed by atoms with Gasteiger partial charge in [-0.3, -0.25) is 4.99 Å². The number of hydrogen-bond acceptors (Lipinski definition) is 2. The van der Waals surface area contributed by atoms with Crippen LogP contribution in [0.15, 0.2) is 47.1 Å². The summed E-state index contributed by atoms with van der Waals surface area (Å²) in [6.45, 7) is 2.36. The zero-order chi connectivity index (χ0) is 12.8. The van der Waals surface area contributed by atoms with Gasteiger partial charge in [-0.25, -0.2) is 0 Å². The van der Waals surface area contributed by atoms with Crippen LogP contribution < -0.4 is 5.73 Å². The molecule has 0 heterocycles. The average Bonchev–Trinajstić information content (AvgIpc) is 2.82. The van der Waals surface area contributed by atoms with E-state index >= 15 is 0 Å². The summed E-state index contributed by atoms with van der Waals surface area (Å²) < 4.78 is 0. The molecule has 1 aliphatic rings. The number of nitrogens with zero attached hydrogens (tertiary/aromatic N) is 1. The highest BCUT2D eigenvalue weighted by atomic mass is 14.7. The Morgan fingerprint density at radius 1 is 1.28 bits per heavy atom. The number of allylic oxidation sites excluding steroid dienone is 1. The van der Waals surface area contributed by atoms with E-state index in [1.807, 2.05) is 36.5 Å². The van der Waals surface area contributed by atoms with Crippen LogP contribution in [0, 0.1) is 5.41 Å². The fourth-order valence-electron chi connectivity index (χ4n) is 2.72. The van der Waals surface area contributed by atoms with E-state index in [4.69, 9.17) is 5.73 Å². The van der Waals surface area contributed by atoms with Gasteiger partial charge in [-0.15, -0.1) is 0 Å². The van der Waals surface area contributed by atoms with Gasteiger partial charge in [-0.1, -0.05) is 38.0 Å². The quantitative estimate of drug-likeness (QED) is 0.789. The molecule has 1 fully saturated rings.